The minimum Gasteiger partial charge on any atom is -0.496 e. The zero-order valence-electron chi connectivity index (χ0n) is 11.1. The summed E-state index contributed by atoms with van der Waals surface area (Å²) < 4.78 is 21.0. The van der Waals surface area contributed by atoms with Gasteiger partial charge < -0.3 is 24.5 Å². The molecule has 0 saturated carbocycles. The number of nitrogens with two attached hydrogens (primary N) is 1. The van der Waals surface area contributed by atoms with Crippen LogP contribution in [-0.4, -0.2) is 26.5 Å². The molecule has 0 atom stereocenters. The topological polar surface area (TPSA) is 79.7 Å². The molecule has 1 aromatic carbocycles. The lowest BCUT2D eigenvalue weighted by molar-refractivity contribution is 0.184. The zero-order chi connectivity index (χ0) is 13.8. The second kappa shape index (κ2) is 5.62. The minimum absolute atomic E-state index is 0.306. The Hall–Kier alpha value is -2.21. The molecule has 6 nitrogen and oxygen atoms in total. The molecule has 6 heteroatoms. The van der Waals surface area contributed by atoms with E-state index in [0.717, 1.165) is 5.56 Å². The molecule has 0 aliphatic heterocycles. The standard InChI is InChI=1S/C13H16N2O4/c1-16-7-8-4-9(17-2)13(10(5-8)18-3)11-6-12(14)15-19-11/h4-6H,7H2,1-3H3,(H2,14,15). The van der Waals surface area contributed by atoms with Gasteiger partial charge >= 0.3 is 0 Å². The van der Waals surface area contributed by atoms with E-state index in [0.29, 0.717) is 35.2 Å². The molecule has 2 aromatic rings. The fourth-order valence-electron chi connectivity index (χ4n) is 1.87. The van der Waals surface area contributed by atoms with Crippen molar-refractivity contribution in [3.63, 3.8) is 0 Å². The molecule has 0 aliphatic carbocycles. The molecule has 19 heavy (non-hydrogen) atoms. The van der Waals surface area contributed by atoms with Gasteiger partial charge in [0.15, 0.2) is 11.6 Å². The molecule has 2 N–H and O–H groups in total. The second-order valence-corrected chi connectivity index (χ2v) is 3.92. The number of hydrogen-bond acceptors (Lipinski definition) is 6. The minimum atomic E-state index is 0.306. The molecule has 1 heterocycles. The third-order valence-electron chi connectivity index (χ3n) is 2.65. The Morgan fingerprint density at radius 3 is 2.16 bits per heavy atom. The summed E-state index contributed by atoms with van der Waals surface area (Å²) in [6, 6.07) is 5.34. The quantitative estimate of drug-likeness (QED) is 0.890. The van der Waals surface area contributed by atoms with E-state index < -0.39 is 0 Å². The lowest BCUT2D eigenvalue weighted by atomic mass is 10.1. The normalized spacial score (nSPS) is 10.5. The van der Waals surface area contributed by atoms with Crippen molar-refractivity contribution in [2.75, 3.05) is 27.1 Å². The van der Waals surface area contributed by atoms with Crippen molar-refractivity contribution >= 4 is 5.82 Å². The summed E-state index contributed by atoms with van der Waals surface area (Å²) in [5.41, 5.74) is 7.18. The summed E-state index contributed by atoms with van der Waals surface area (Å²) >= 11 is 0. The van der Waals surface area contributed by atoms with E-state index in [2.05, 4.69) is 5.16 Å². The van der Waals surface area contributed by atoms with Crippen molar-refractivity contribution in [3.8, 4) is 22.8 Å². The molecule has 1 aromatic heterocycles. The van der Waals surface area contributed by atoms with E-state index in [1.54, 1.807) is 27.4 Å². The van der Waals surface area contributed by atoms with E-state index in [1.165, 1.54) is 0 Å². The number of ether oxygens (including phenoxy) is 3. The molecule has 0 amide bonds. The van der Waals surface area contributed by atoms with Crippen LogP contribution in [0.1, 0.15) is 5.56 Å². The number of aromatic nitrogens is 1. The predicted molar refractivity (Wildman–Crippen MR) is 70.2 cm³/mol. The van der Waals surface area contributed by atoms with Gasteiger partial charge in [-0.15, -0.1) is 0 Å². The van der Waals surface area contributed by atoms with Crippen molar-refractivity contribution in [2.45, 2.75) is 6.61 Å². The van der Waals surface area contributed by atoms with Crippen LogP contribution in [0.15, 0.2) is 22.7 Å². The summed E-state index contributed by atoms with van der Waals surface area (Å²) in [6.45, 7) is 0.464. The predicted octanol–water partition coefficient (Wildman–Crippen LogP) is 2.09. The number of hydrogen-bond donors (Lipinski definition) is 1. The van der Waals surface area contributed by atoms with Crippen LogP contribution in [0.25, 0.3) is 11.3 Å². The van der Waals surface area contributed by atoms with Gasteiger partial charge in [-0.1, -0.05) is 5.16 Å². The average Bonchev–Trinajstić information content (AvgIpc) is 2.84. The molecule has 2 rings (SSSR count). The molecular weight excluding hydrogens is 248 g/mol. The lowest BCUT2D eigenvalue weighted by Crippen LogP contribution is -1.96. The Morgan fingerprint density at radius 1 is 1.11 bits per heavy atom. The largest absolute Gasteiger partial charge is 0.496 e. The molecule has 0 unspecified atom stereocenters. The first-order chi connectivity index (χ1) is 9.19. The Kier molecular flexibility index (Phi) is 3.91. The maximum absolute atomic E-state index is 5.57. The van der Waals surface area contributed by atoms with Gasteiger partial charge in [0.25, 0.3) is 0 Å². The van der Waals surface area contributed by atoms with Crippen LogP contribution in [0.5, 0.6) is 11.5 Å². The molecule has 0 fully saturated rings. The van der Waals surface area contributed by atoms with Crippen LogP contribution in [0.2, 0.25) is 0 Å². The molecule has 0 saturated heterocycles. The number of nitrogen functional groups attached to an aromatic ring is 1. The SMILES string of the molecule is COCc1cc(OC)c(-c2cc(N)no2)c(OC)c1. The second-order valence-electron chi connectivity index (χ2n) is 3.92. The van der Waals surface area contributed by atoms with Gasteiger partial charge in [0.2, 0.25) is 0 Å². The van der Waals surface area contributed by atoms with E-state index in [4.69, 9.17) is 24.5 Å². The van der Waals surface area contributed by atoms with Gasteiger partial charge in [0.05, 0.1) is 20.8 Å². The molecule has 0 bridgehead atoms. The maximum atomic E-state index is 5.57. The van der Waals surface area contributed by atoms with Crippen molar-refractivity contribution < 1.29 is 18.7 Å². The van der Waals surface area contributed by atoms with Crippen molar-refractivity contribution in [3.05, 3.63) is 23.8 Å². The fourth-order valence-corrected chi connectivity index (χ4v) is 1.87. The third kappa shape index (κ3) is 2.63. The van der Waals surface area contributed by atoms with Gasteiger partial charge in [0.1, 0.15) is 17.1 Å². The highest BCUT2D eigenvalue weighted by Gasteiger charge is 2.18. The first kappa shape index (κ1) is 13.2. The van der Waals surface area contributed by atoms with E-state index >= 15 is 0 Å². The van der Waals surface area contributed by atoms with E-state index in [1.807, 2.05) is 12.1 Å². The van der Waals surface area contributed by atoms with Crippen LogP contribution in [-0.2, 0) is 11.3 Å². The van der Waals surface area contributed by atoms with Crippen molar-refractivity contribution in [1.82, 2.24) is 5.16 Å². The summed E-state index contributed by atoms with van der Waals surface area (Å²) in [5.74, 6) is 2.03. The van der Waals surface area contributed by atoms with Crippen LogP contribution in [0, 0.1) is 0 Å². The fraction of sp³-hybridized carbons (Fsp3) is 0.308. The Morgan fingerprint density at radius 2 is 1.74 bits per heavy atom. The van der Waals surface area contributed by atoms with Crippen LogP contribution in [0.3, 0.4) is 0 Å². The monoisotopic (exact) mass is 264 g/mol. The molecular formula is C13H16N2O4. The highest BCUT2D eigenvalue weighted by molar-refractivity contribution is 5.75. The average molecular weight is 264 g/mol. The third-order valence-corrected chi connectivity index (χ3v) is 2.65. The number of nitrogens with zero attached hydrogens (tertiary/aromatic N) is 1. The summed E-state index contributed by atoms with van der Waals surface area (Å²) in [5, 5.41) is 3.67. The lowest BCUT2D eigenvalue weighted by Gasteiger charge is -2.13. The number of methoxy groups -OCH3 is 3. The number of rotatable bonds is 5. The van der Waals surface area contributed by atoms with Crippen LogP contribution >= 0.6 is 0 Å². The van der Waals surface area contributed by atoms with Crippen molar-refractivity contribution in [1.29, 1.82) is 0 Å². The van der Waals surface area contributed by atoms with Gasteiger partial charge in [-0.25, -0.2) is 0 Å². The zero-order valence-corrected chi connectivity index (χ0v) is 11.1. The summed E-state index contributed by atoms with van der Waals surface area (Å²) in [7, 11) is 4.78. The van der Waals surface area contributed by atoms with Gasteiger partial charge in [0, 0.05) is 13.2 Å². The van der Waals surface area contributed by atoms with E-state index in [9.17, 15) is 0 Å². The smallest absolute Gasteiger partial charge is 0.176 e. The van der Waals surface area contributed by atoms with E-state index in [-0.39, 0.29) is 0 Å². The first-order valence-corrected chi connectivity index (χ1v) is 5.66. The summed E-state index contributed by atoms with van der Waals surface area (Å²) in [6.07, 6.45) is 0. The first-order valence-electron chi connectivity index (χ1n) is 5.66. The Balaban J connectivity index is 2.57. The summed E-state index contributed by atoms with van der Waals surface area (Å²) in [4.78, 5) is 0. The Bertz CT molecular complexity index is 541. The maximum Gasteiger partial charge on any atom is 0.176 e. The van der Waals surface area contributed by atoms with Crippen LogP contribution < -0.4 is 15.2 Å². The molecule has 0 radical (unpaired) electrons. The van der Waals surface area contributed by atoms with Gasteiger partial charge in [-0.05, 0) is 17.7 Å². The Labute approximate surface area is 111 Å². The molecule has 0 spiro atoms. The molecule has 0 aliphatic rings. The van der Waals surface area contributed by atoms with Crippen molar-refractivity contribution in [2.24, 2.45) is 0 Å². The van der Waals surface area contributed by atoms with Gasteiger partial charge in [-0.2, -0.15) is 0 Å². The molecule has 102 valence electrons. The number of benzene rings is 1. The highest BCUT2D eigenvalue weighted by Crippen LogP contribution is 2.40. The highest BCUT2D eigenvalue weighted by atomic mass is 16.5. The van der Waals surface area contributed by atoms with Gasteiger partial charge in [-0.3, -0.25) is 0 Å². The number of anilines is 1. The van der Waals surface area contributed by atoms with Crippen LogP contribution in [0.4, 0.5) is 5.82 Å².